The van der Waals surface area contributed by atoms with Crippen LogP contribution in [0.25, 0.3) is 0 Å². The van der Waals surface area contributed by atoms with Crippen molar-refractivity contribution in [1.82, 2.24) is 10.2 Å². The zero-order valence-electron chi connectivity index (χ0n) is 12.7. The Hall–Kier alpha value is 0.590. The lowest BCUT2D eigenvalue weighted by molar-refractivity contribution is 0.128. The number of hydrogen-bond donors (Lipinski definition) is 1. The molecule has 128 valence electrons. The maximum atomic E-state index is 6.45. The summed E-state index contributed by atoms with van der Waals surface area (Å²) in [5.74, 6) is 0.500. The second-order valence-corrected chi connectivity index (χ2v) is 6.63. The second kappa shape index (κ2) is 10.5. The fourth-order valence-electron chi connectivity index (χ4n) is 2.84. The number of halogens is 5. The van der Waals surface area contributed by atoms with Crippen LogP contribution >= 0.6 is 59.6 Å². The number of nitrogens with one attached hydrogen (secondary N) is 1. The summed E-state index contributed by atoms with van der Waals surface area (Å²) in [5, 5.41) is 5.22. The normalized spacial score (nSPS) is 18.0. The Bertz CT molecular complexity index is 463. The third-order valence-electron chi connectivity index (χ3n) is 4.07. The van der Waals surface area contributed by atoms with E-state index in [4.69, 9.17) is 34.8 Å². The first-order valence-electron chi connectivity index (χ1n) is 7.13. The van der Waals surface area contributed by atoms with Crippen molar-refractivity contribution in [2.75, 3.05) is 26.2 Å². The van der Waals surface area contributed by atoms with E-state index in [0.717, 1.165) is 38.2 Å². The lowest BCUT2D eigenvalue weighted by atomic mass is 9.90. The highest BCUT2D eigenvalue weighted by molar-refractivity contribution is 6.43. The number of nitrogens with zero attached hydrogens (tertiary/aromatic N) is 1. The third kappa shape index (κ3) is 5.31. The minimum absolute atomic E-state index is 0. The molecule has 1 saturated heterocycles. The summed E-state index contributed by atoms with van der Waals surface area (Å²) in [6.07, 6.45) is 1.09. The van der Waals surface area contributed by atoms with Crippen LogP contribution in [0.2, 0.25) is 15.1 Å². The van der Waals surface area contributed by atoms with E-state index in [1.807, 2.05) is 6.07 Å². The highest BCUT2D eigenvalue weighted by Gasteiger charge is 2.29. The average molecular weight is 409 g/mol. The summed E-state index contributed by atoms with van der Waals surface area (Å²) in [5.41, 5.74) is 1.06. The molecule has 1 heterocycles. The van der Waals surface area contributed by atoms with Crippen LogP contribution in [0.4, 0.5) is 0 Å². The Balaban J connectivity index is 0.00000220. The molecule has 0 aliphatic carbocycles. The molecule has 22 heavy (non-hydrogen) atoms. The van der Waals surface area contributed by atoms with E-state index in [1.54, 1.807) is 6.07 Å². The molecule has 0 radical (unpaired) electrons. The van der Waals surface area contributed by atoms with Gasteiger partial charge in [0.1, 0.15) is 0 Å². The van der Waals surface area contributed by atoms with Crippen molar-refractivity contribution < 1.29 is 0 Å². The standard InChI is InChI=1S/C15H21Cl3N2.2ClH/c1-3-10(2)15(20-6-4-19-5-7-20)12-8-11(16)9-13(17)14(12)18;;/h8-10,15,19H,3-7H2,1-2H3;2*1H/t10?,15-;;/m1../s1. The van der Waals surface area contributed by atoms with Crippen LogP contribution in [0.1, 0.15) is 31.9 Å². The van der Waals surface area contributed by atoms with Gasteiger partial charge in [0, 0.05) is 37.2 Å². The molecule has 1 aliphatic rings. The van der Waals surface area contributed by atoms with Crippen molar-refractivity contribution in [3.8, 4) is 0 Å². The van der Waals surface area contributed by atoms with Gasteiger partial charge in [-0.15, -0.1) is 24.8 Å². The lowest BCUT2D eigenvalue weighted by Gasteiger charge is -2.39. The third-order valence-corrected chi connectivity index (χ3v) is 5.10. The molecule has 0 bridgehead atoms. The summed E-state index contributed by atoms with van der Waals surface area (Å²) in [6.45, 7) is 8.54. The van der Waals surface area contributed by atoms with Gasteiger partial charge in [0.15, 0.2) is 0 Å². The van der Waals surface area contributed by atoms with Crippen molar-refractivity contribution in [3.05, 3.63) is 32.8 Å². The Morgan fingerprint density at radius 3 is 2.27 bits per heavy atom. The van der Waals surface area contributed by atoms with Gasteiger partial charge in [0.25, 0.3) is 0 Å². The molecule has 1 fully saturated rings. The van der Waals surface area contributed by atoms with E-state index in [2.05, 4.69) is 24.1 Å². The van der Waals surface area contributed by atoms with Gasteiger partial charge in [-0.05, 0) is 23.6 Å². The predicted molar refractivity (Wildman–Crippen MR) is 103 cm³/mol. The summed E-state index contributed by atoms with van der Waals surface area (Å²) < 4.78 is 0. The Morgan fingerprint density at radius 1 is 1.14 bits per heavy atom. The van der Waals surface area contributed by atoms with Gasteiger partial charge in [0.2, 0.25) is 0 Å². The zero-order valence-corrected chi connectivity index (χ0v) is 16.6. The summed E-state index contributed by atoms with van der Waals surface area (Å²) in [7, 11) is 0. The van der Waals surface area contributed by atoms with Gasteiger partial charge in [0.05, 0.1) is 10.0 Å². The van der Waals surface area contributed by atoms with Crippen LogP contribution in [0.3, 0.4) is 0 Å². The molecule has 0 spiro atoms. The van der Waals surface area contributed by atoms with Crippen molar-refractivity contribution in [3.63, 3.8) is 0 Å². The van der Waals surface area contributed by atoms with Crippen molar-refractivity contribution in [2.45, 2.75) is 26.3 Å². The summed E-state index contributed by atoms with van der Waals surface area (Å²) >= 11 is 18.8. The molecule has 2 rings (SSSR count). The van der Waals surface area contributed by atoms with Gasteiger partial charge in [-0.25, -0.2) is 0 Å². The molecule has 1 unspecified atom stereocenters. The predicted octanol–water partition coefficient (Wildman–Crippen LogP) is 5.48. The SMILES string of the molecule is CCC(C)[C@H](c1cc(Cl)cc(Cl)c1Cl)N1CCNCC1.Cl.Cl. The molecule has 1 aromatic rings. The van der Waals surface area contributed by atoms with Crippen LogP contribution < -0.4 is 5.32 Å². The first-order chi connectivity index (χ1) is 9.54. The summed E-state index contributed by atoms with van der Waals surface area (Å²) in [4.78, 5) is 2.48. The Labute approximate surface area is 160 Å². The second-order valence-electron chi connectivity index (χ2n) is 5.41. The van der Waals surface area contributed by atoms with Gasteiger partial charge < -0.3 is 5.32 Å². The monoisotopic (exact) mass is 406 g/mol. The van der Waals surface area contributed by atoms with Crippen LogP contribution in [0.15, 0.2) is 12.1 Å². The molecule has 1 aliphatic heterocycles. The van der Waals surface area contributed by atoms with Crippen LogP contribution in [0, 0.1) is 5.92 Å². The largest absolute Gasteiger partial charge is 0.314 e. The molecule has 2 nitrogen and oxygen atoms in total. The minimum atomic E-state index is 0. The van der Waals surface area contributed by atoms with Crippen LogP contribution in [0.5, 0.6) is 0 Å². The Kier molecular flexibility index (Phi) is 10.7. The first kappa shape index (κ1) is 22.6. The van der Waals surface area contributed by atoms with E-state index in [9.17, 15) is 0 Å². The summed E-state index contributed by atoms with van der Waals surface area (Å²) in [6, 6.07) is 3.94. The van der Waals surface area contributed by atoms with Crippen molar-refractivity contribution in [2.24, 2.45) is 5.92 Å². The maximum absolute atomic E-state index is 6.45. The molecule has 1 aromatic carbocycles. The van der Waals surface area contributed by atoms with Crippen LogP contribution in [-0.2, 0) is 0 Å². The topological polar surface area (TPSA) is 15.3 Å². The van der Waals surface area contributed by atoms with E-state index >= 15 is 0 Å². The Morgan fingerprint density at radius 2 is 1.73 bits per heavy atom. The molecule has 0 aromatic heterocycles. The molecule has 0 amide bonds. The highest BCUT2D eigenvalue weighted by atomic mass is 35.5. The van der Waals surface area contributed by atoms with E-state index in [-0.39, 0.29) is 30.9 Å². The highest BCUT2D eigenvalue weighted by Crippen LogP contribution is 2.39. The molecular weight excluding hydrogens is 385 g/mol. The average Bonchev–Trinajstić information content (AvgIpc) is 2.45. The van der Waals surface area contributed by atoms with Crippen LogP contribution in [-0.4, -0.2) is 31.1 Å². The quantitative estimate of drug-likeness (QED) is 0.664. The van der Waals surface area contributed by atoms with E-state index in [1.165, 1.54) is 0 Å². The fourth-order valence-corrected chi connectivity index (χ4v) is 3.57. The van der Waals surface area contributed by atoms with Crippen molar-refractivity contribution in [1.29, 1.82) is 0 Å². The van der Waals surface area contributed by atoms with E-state index in [0.29, 0.717) is 21.0 Å². The van der Waals surface area contributed by atoms with Gasteiger partial charge in [-0.2, -0.15) is 0 Å². The van der Waals surface area contributed by atoms with E-state index < -0.39 is 0 Å². The molecule has 0 saturated carbocycles. The van der Waals surface area contributed by atoms with Gasteiger partial charge in [-0.1, -0.05) is 55.1 Å². The zero-order chi connectivity index (χ0) is 14.7. The molecular formula is C15H23Cl5N2. The number of hydrogen-bond acceptors (Lipinski definition) is 2. The molecule has 1 N–H and O–H groups in total. The molecule has 2 atom stereocenters. The lowest BCUT2D eigenvalue weighted by Crippen LogP contribution is -2.46. The fraction of sp³-hybridized carbons (Fsp3) is 0.600. The first-order valence-corrected chi connectivity index (χ1v) is 8.27. The van der Waals surface area contributed by atoms with Gasteiger partial charge >= 0.3 is 0 Å². The number of rotatable bonds is 4. The minimum Gasteiger partial charge on any atom is -0.314 e. The van der Waals surface area contributed by atoms with Crippen molar-refractivity contribution >= 4 is 59.6 Å². The maximum Gasteiger partial charge on any atom is 0.0641 e. The van der Waals surface area contributed by atoms with Gasteiger partial charge in [-0.3, -0.25) is 4.90 Å². The number of piperazine rings is 1. The molecule has 7 heteroatoms. The number of benzene rings is 1. The smallest absolute Gasteiger partial charge is 0.0641 e.